The zero-order chi connectivity index (χ0) is 11.1. The van der Waals surface area contributed by atoms with Gasteiger partial charge < -0.3 is 9.52 Å². The van der Waals surface area contributed by atoms with Gasteiger partial charge in [-0.05, 0) is 22.0 Å². The van der Waals surface area contributed by atoms with Crippen LogP contribution in [0.25, 0.3) is 11.0 Å². The first-order valence-electron chi connectivity index (χ1n) is 4.21. The Hall–Kier alpha value is -0.940. The molecule has 0 amide bonds. The lowest BCUT2D eigenvalue weighted by Crippen LogP contribution is -2.17. The number of hydrogen-bond donors (Lipinski definition) is 1. The molecule has 80 valence electrons. The summed E-state index contributed by atoms with van der Waals surface area (Å²) in [5.74, 6) is 0. The van der Waals surface area contributed by atoms with Gasteiger partial charge in [-0.15, -0.1) is 0 Å². The Morgan fingerprint density at radius 1 is 1.33 bits per heavy atom. The van der Waals surface area contributed by atoms with E-state index in [1.165, 1.54) is 0 Å². The molecular weight excluding hydrogens is 270 g/mol. The molecule has 0 saturated carbocycles. The maximum Gasteiger partial charge on any atom is 0.330 e. The summed E-state index contributed by atoms with van der Waals surface area (Å²) in [5.41, 5.74) is 0.552. The second kappa shape index (κ2) is 3.57. The molecule has 2 nitrogen and oxygen atoms in total. The van der Waals surface area contributed by atoms with Crippen LogP contribution in [0.3, 0.4) is 0 Å². The minimum atomic E-state index is -3.36. The van der Waals surface area contributed by atoms with Gasteiger partial charge >= 0.3 is 4.83 Å². The van der Waals surface area contributed by atoms with Gasteiger partial charge in [0.1, 0.15) is 5.58 Å². The minimum Gasteiger partial charge on any atom is -0.464 e. The predicted octanol–water partition coefficient (Wildman–Crippen LogP) is 3.45. The van der Waals surface area contributed by atoms with E-state index in [1.807, 2.05) is 0 Å². The van der Waals surface area contributed by atoms with E-state index in [1.54, 1.807) is 24.3 Å². The smallest absolute Gasteiger partial charge is 0.330 e. The van der Waals surface area contributed by atoms with E-state index in [9.17, 15) is 13.9 Å². The highest BCUT2D eigenvalue weighted by Crippen LogP contribution is 2.39. The Balaban J connectivity index is 2.53. The predicted molar refractivity (Wildman–Crippen MR) is 55.0 cm³/mol. The van der Waals surface area contributed by atoms with Crippen molar-refractivity contribution in [2.75, 3.05) is 0 Å². The van der Waals surface area contributed by atoms with Crippen LogP contribution in [-0.4, -0.2) is 9.94 Å². The van der Waals surface area contributed by atoms with Crippen molar-refractivity contribution >= 4 is 26.9 Å². The fraction of sp³-hybridized carbons (Fsp3) is 0.200. The van der Waals surface area contributed by atoms with Crippen LogP contribution in [0.15, 0.2) is 34.9 Å². The van der Waals surface area contributed by atoms with Crippen molar-refractivity contribution in [3.8, 4) is 0 Å². The van der Waals surface area contributed by atoms with E-state index in [2.05, 4.69) is 15.9 Å². The summed E-state index contributed by atoms with van der Waals surface area (Å²) >= 11 is 2.13. The summed E-state index contributed by atoms with van der Waals surface area (Å²) in [7, 11) is 0. The van der Waals surface area contributed by atoms with Crippen molar-refractivity contribution in [1.82, 2.24) is 0 Å². The molecule has 0 fully saturated rings. The Labute approximate surface area is 92.6 Å². The highest BCUT2D eigenvalue weighted by molar-refractivity contribution is 9.10. The van der Waals surface area contributed by atoms with Crippen LogP contribution in [0.4, 0.5) is 8.78 Å². The molecule has 0 aliphatic rings. The zero-order valence-electron chi connectivity index (χ0n) is 7.45. The number of para-hydroxylation sites is 1. The first-order chi connectivity index (χ1) is 7.00. The number of halogens is 3. The van der Waals surface area contributed by atoms with Gasteiger partial charge in [0.15, 0.2) is 6.10 Å². The number of aliphatic hydroxyl groups excluding tert-OH is 1. The molecule has 0 spiro atoms. The lowest BCUT2D eigenvalue weighted by atomic mass is 10.1. The summed E-state index contributed by atoms with van der Waals surface area (Å²) in [6.45, 7) is 0. The van der Waals surface area contributed by atoms with Crippen molar-refractivity contribution in [2.45, 2.75) is 10.9 Å². The largest absolute Gasteiger partial charge is 0.464 e. The summed E-state index contributed by atoms with van der Waals surface area (Å²) in [5, 5.41) is 9.88. The molecule has 1 unspecified atom stereocenters. The van der Waals surface area contributed by atoms with E-state index in [4.69, 9.17) is 4.42 Å². The van der Waals surface area contributed by atoms with Crippen molar-refractivity contribution in [3.63, 3.8) is 0 Å². The Morgan fingerprint density at radius 3 is 2.67 bits per heavy atom. The van der Waals surface area contributed by atoms with Crippen molar-refractivity contribution in [1.29, 1.82) is 0 Å². The van der Waals surface area contributed by atoms with Gasteiger partial charge in [0, 0.05) is 10.9 Å². The van der Waals surface area contributed by atoms with Crippen LogP contribution < -0.4 is 0 Å². The van der Waals surface area contributed by atoms with E-state index < -0.39 is 10.9 Å². The number of rotatable bonds is 2. The van der Waals surface area contributed by atoms with Gasteiger partial charge in [0.25, 0.3) is 0 Å². The van der Waals surface area contributed by atoms with Crippen molar-refractivity contribution in [3.05, 3.63) is 36.1 Å². The third kappa shape index (κ3) is 1.89. The quantitative estimate of drug-likeness (QED) is 0.853. The molecule has 1 aromatic carbocycles. The van der Waals surface area contributed by atoms with E-state index in [0.717, 1.165) is 6.26 Å². The van der Waals surface area contributed by atoms with Gasteiger partial charge in [-0.25, -0.2) is 0 Å². The van der Waals surface area contributed by atoms with Crippen LogP contribution in [-0.2, 0) is 0 Å². The molecule has 2 aromatic rings. The lowest BCUT2D eigenvalue weighted by molar-refractivity contribution is -0.0290. The van der Waals surface area contributed by atoms with E-state index >= 15 is 0 Å². The first kappa shape index (κ1) is 10.6. The van der Waals surface area contributed by atoms with Crippen molar-refractivity contribution in [2.24, 2.45) is 0 Å². The molecule has 0 bridgehead atoms. The maximum atomic E-state index is 12.8. The van der Waals surface area contributed by atoms with Crippen molar-refractivity contribution < 1.29 is 18.3 Å². The highest BCUT2D eigenvalue weighted by atomic mass is 79.9. The molecule has 1 N–H and O–H groups in total. The zero-order valence-corrected chi connectivity index (χ0v) is 9.04. The standard InChI is InChI=1S/C10H7BrF2O2/c11-10(12,13)9(14)7-5-15-8-4-2-1-3-6(7)8/h1-5,9,14H. The van der Waals surface area contributed by atoms with Gasteiger partial charge in [-0.3, -0.25) is 0 Å². The van der Waals surface area contributed by atoms with Crippen LogP contribution in [0.5, 0.6) is 0 Å². The van der Waals surface area contributed by atoms with Crippen LogP contribution in [0.2, 0.25) is 0 Å². The van der Waals surface area contributed by atoms with Crippen LogP contribution in [0, 0.1) is 0 Å². The normalized spacial score (nSPS) is 14.4. The van der Waals surface area contributed by atoms with Gasteiger partial charge in [0.2, 0.25) is 0 Å². The summed E-state index contributed by atoms with van der Waals surface area (Å²) < 4.78 is 30.7. The Kier molecular flexibility index (Phi) is 2.52. The lowest BCUT2D eigenvalue weighted by Gasteiger charge is -2.14. The summed E-state index contributed by atoms with van der Waals surface area (Å²) in [6.07, 6.45) is -0.772. The molecule has 1 heterocycles. The average molecular weight is 277 g/mol. The number of alkyl halides is 3. The second-order valence-corrected chi connectivity index (χ2v) is 4.19. The average Bonchev–Trinajstić information content (AvgIpc) is 2.58. The molecule has 0 aliphatic heterocycles. The molecule has 1 atom stereocenters. The number of benzene rings is 1. The molecule has 2 rings (SSSR count). The summed E-state index contributed by atoms with van der Waals surface area (Å²) in [6, 6.07) is 6.70. The molecule has 0 saturated heterocycles. The Morgan fingerprint density at radius 2 is 2.00 bits per heavy atom. The van der Waals surface area contributed by atoms with Crippen LogP contribution in [0.1, 0.15) is 11.7 Å². The summed E-state index contributed by atoms with van der Waals surface area (Å²) in [4.78, 5) is -3.36. The SMILES string of the molecule is OC(c1coc2ccccc12)C(F)(F)Br. The fourth-order valence-electron chi connectivity index (χ4n) is 1.39. The third-order valence-corrected chi connectivity index (χ3v) is 2.55. The van der Waals surface area contributed by atoms with E-state index in [0.29, 0.717) is 11.0 Å². The van der Waals surface area contributed by atoms with Crippen LogP contribution >= 0.6 is 15.9 Å². The van der Waals surface area contributed by atoms with Gasteiger partial charge in [-0.2, -0.15) is 8.78 Å². The molecule has 5 heteroatoms. The fourth-order valence-corrected chi connectivity index (χ4v) is 1.63. The number of fused-ring (bicyclic) bond motifs is 1. The molecule has 0 aliphatic carbocycles. The topological polar surface area (TPSA) is 33.4 Å². The van der Waals surface area contributed by atoms with Gasteiger partial charge in [0.05, 0.1) is 6.26 Å². The molecule has 15 heavy (non-hydrogen) atoms. The maximum absolute atomic E-state index is 12.8. The molecule has 0 radical (unpaired) electrons. The highest BCUT2D eigenvalue weighted by Gasteiger charge is 2.37. The Bertz CT molecular complexity index is 475. The van der Waals surface area contributed by atoms with Gasteiger partial charge in [-0.1, -0.05) is 18.2 Å². The number of aliphatic hydroxyl groups is 1. The minimum absolute atomic E-state index is 0.0764. The molecule has 1 aromatic heterocycles. The third-order valence-electron chi connectivity index (χ3n) is 2.12. The first-order valence-corrected chi connectivity index (χ1v) is 5.00. The van der Waals surface area contributed by atoms with E-state index in [-0.39, 0.29) is 5.56 Å². The second-order valence-electron chi connectivity index (χ2n) is 3.13. The number of furan rings is 1. The monoisotopic (exact) mass is 276 g/mol. The number of hydrogen-bond acceptors (Lipinski definition) is 2. The molecular formula is C10H7BrF2O2.